The third-order valence-corrected chi connectivity index (χ3v) is 4.12. The summed E-state index contributed by atoms with van der Waals surface area (Å²) < 4.78 is 7.90. The quantitative estimate of drug-likeness (QED) is 0.658. The minimum absolute atomic E-state index is 0.0569. The molecule has 5 nitrogen and oxygen atoms in total. The molecule has 1 aromatic rings. The number of carbonyl (C=O) groups excluding carboxylic acids is 1. The third-order valence-electron chi connectivity index (χ3n) is 4.12. The van der Waals surface area contributed by atoms with Crippen LogP contribution in [0.2, 0.25) is 0 Å². The van der Waals surface area contributed by atoms with Crippen molar-refractivity contribution in [3.63, 3.8) is 0 Å². The normalized spacial score (nSPS) is 12.9. The van der Waals surface area contributed by atoms with Crippen molar-refractivity contribution in [3.05, 3.63) is 11.9 Å². The SMILES string of the molecule is CCCc1cn(C(C)(C)CCOC(C)(C)CC(=O)C(C)C)nn1. The largest absolute Gasteiger partial charge is 0.375 e. The zero-order valence-corrected chi connectivity index (χ0v) is 15.8. The van der Waals surface area contributed by atoms with Crippen LogP contribution in [-0.4, -0.2) is 33.0 Å². The Bertz CT molecular complexity index is 504. The van der Waals surface area contributed by atoms with Crippen molar-refractivity contribution in [2.75, 3.05) is 6.61 Å². The molecule has 0 N–H and O–H groups in total. The summed E-state index contributed by atoms with van der Waals surface area (Å²) in [5.74, 6) is 0.302. The Labute approximate surface area is 140 Å². The van der Waals surface area contributed by atoms with E-state index in [9.17, 15) is 4.79 Å². The summed E-state index contributed by atoms with van der Waals surface area (Å²) >= 11 is 0. The Morgan fingerprint density at radius 1 is 1.30 bits per heavy atom. The van der Waals surface area contributed by atoms with Crippen LogP contribution < -0.4 is 0 Å². The summed E-state index contributed by atoms with van der Waals surface area (Å²) in [5, 5.41) is 8.47. The fourth-order valence-electron chi connectivity index (χ4n) is 2.33. The topological polar surface area (TPSA) is 57.0 Å². The molecule has 0 spiro atoms. The molecule has 0 atom stereocenters. The average molecular weight is 323 g/mol. The van der Waals surface area contributed by atoms with Crippen LogP contribution in [0.25, 0.3) is 0 Å². The van der Waals surface area contributed by atoms with E-state index in [1.165, 1.54) is 0 Å². The molecule has 0 aliphatic carbocycles. The van der Waals surface area contributed by atoms with Gasteiger partial charge in [-0.05, 0) is 40.5 Å². The molecule has 0 amide bonds. The van der Waals surface area contributed by atoms with Crippen LogP contribution in [0.5, 0.6) is 0 Å². The second kappa shape index (κ2) is 8.04. The molecule has 0 saturated carbocycles. The highest BCUT2D eigenvalue weighted by molar-refractivity contribution is 5.81. The highest BCUT2D eigenvalue weighted by Gasteiger charge is 2.27. The molecule has 0 aliphatic rings. The molecule has 132 valence electrons. The molecule has 0 unspecified atom stereocenters. The van der Waals surface area contributed by atoms with Crippen LogP contribution in [0, 0.1) is 5.92 Å². The molecule has 1 rings (SSSR count). The number of hydrogen-bond acceptors (Lipinski definition) is 4. The summed E-state index contributed by atoms with van der Waals surface area (Å²) in [6.07, 6.45) is 5.32. The Hall–Kier alpha value is -1.23. The Morgan fingerprint density at radius 2 is 1.96 bits per heavy atom. The van der Waals surface area contributed by atoms with Gasteiger partial charge in [-0.1, -0.05) is 32.4 Å². The molecule has 1 aromatic heterocycles. The lowest BCUT2D eigenvalue weighted by Crippen LogP contribution is -2.34. The Balaban J connectivity index is 2.53. The minimum atomic E-state index is -0.423. The van der Waals surface area contributed by atoms with Crippen molar-refractivity contribution >= 4 is 5.78 Å². The molecule has 0 saturated heterocycles. The van der Waals surface area contributed by atoms with E-state index in [4.69, 9.17) is 4.74 Å². The van der Waals surface area contributed by atoms with E-state index >= 15 is 0 Å². The summed E-state index contributed by atoms with van der Waals surface area (Å²) in [5.41, 5.74) is 0.453. The maximum atomic E-state index is 11.9. The van der Waals surface area contributed by atoms with Gasteiger partial charge in [-0.25, -0.2) is 4.68 Å². The number of ether oxygens (including phenoxy) is 1. The number of rotatable bonds is 10. The molecule has 5 heteroatoms. The minimum Gasteiger partial charge on any atom is -0.375 e. The second-order valence-electron chi connectivity index (χ2n) is 7.87. The zero-order chi connectivity index (χ0) is 17.7. The van der Waals surface area contributed by atoms with Crippen LogP contribution in [0.15, 0.2) is 6.20 Å². The van der Waals surface area contributed by atoms with Crippen LogP contribution >= 0.6 is 0 Å². The first kappa shape index (κ1) is 19.8. The maximum Gasteiger partial charge on any atom is 0.138 e. The van der Waals surface area contributed by atoms with Crippen LogP contribution in [0.1, 0.15) is 73.4 Å². The third kappa shape index (κ3) is 6.42. The monoisotopic (exact) mass is 323 g/mol. The Kier molecular flexibility index (Phi) is 6.93. The van der Waals surface area contributed by atoms with Crippen molar-refractivity contribution in [1.82, 2.24) is 15.0 Å². The number of ketones is 1. The summed E-state index contributed by atoms with van der Waals surface area (Å²) in [7, 11) is 0. The van der Waals surface area contributed by atoms with E-state index in [2.05, 4.69) is 31.1 Å². The molecule has 23 heavy (non-hydrogen) atoms. The van der Waals surface area contributed by atoms with Crippen LogP contribution in [-0.2, 0) is 21.5 Å². The van der Waals surface area contributed by atoms with Crippen molar-refractivity contribution in [1.29, 1.82) is 0 Å². The molecule has 0 aliphatic heterocycles. The van der Waals surface area contributed by atoms with E-state index in [1.54, 1.807) is 0 Å². The van der Waals surface area contributed by atoms with Crippen molar-refractivity contribution < 1.29 is 9.53 Å². The predicted octanol–water partition coefficient (Wildman–Crippen LogP) is 3.77. The Morgan fingerprint density at radius 3 is 2.52 bits per heavy atom. The number of aromatic nitrogens is 3. The second-order valence-corrected chi connectivity index (χ2v) is 7.87. The first-order valence-corrected chi connectivity index (χ1v) is 8.66. The van der Waals surface area contributed by atoms with Gasteiger partial charge in [-0.2, -0.15) is 0 Å². The molecule has 0 radical (unpaired) electrons. The summed E-state index contributed by atoms with van der Waals surface area (Å²) in [4.78, 5) is 11.9. The summed E-state index contributed by atoms with van der Waals surface area (Å²) in [6, 6.07) is 0. The van der Waals surface area contributed by atoms with Gasteiger partial charge in [0.25, 0.3) is 0 Å². The van der Waals surface area contributed by atoms with Gasteiger partial charge in [-0.15, -0.1) is 5.10 Å². The van der Waals surface area contributed by atoms with Gasteiger partial charge in [0.2, 0.25) is 0 Å². The average Bonchev–Trinajstić information content (AvgIpc) is 2.87. The number of Topliss-reactive ketones (excluding diaryl/α,β-unsaturated/α-hetero) is 1. The fraction of sp³-hybridized carbons (Fsp3) is 0.833. The van der Waals surface area contributed by atoms with E-state index < -0.39 is 5.60 Å². The number of hydrogen-bond donors (Lipinski definition) is 0. The molecule has 1 heterocycles. The smallest absolute Gasteiger partial charge is 0.138 e. The van der Waals surface area contributed by atoms with Crippen LogP contribution in [0.4, 0.5) is 0 Å². The predicted molar refractivity (Wildman–Crippen MR) is 92.4 cm³/mol. The highest BCUT2D eigenvalue weighted by atomic mass is 16.5. The number of carbonyl (C=O) groups is 1. The molecule has 0 aromatic carbocycles. The van der Waals surface area contributed by atoms with Crippen molar-refractivity contribution in [2.45, 2.75) is 85.3 Å². The molecule has 0 bridgehead atoms. The zero-order valence-electron chi connectivity index (χ0n) is 15.8. The first-order chi connectivity index (χ1) is 10.6. The van der Waals surface area contributed by atoms with Gasteiger partial charge in [-0.3, -0.25) is 4.79 Å². The van der Waals surface area contributed by atoms with E-state index in [-0.39, 0.29) is 17.2 Å². The van der Waals surface area contributed by atoms with Gasteiger partial charge >= 0.3 is 0 Å². The lowest BCUT2D eigenvalue weighted by atomic mass is 9.95. The number of aryl methyl sites for hydroxylation is 1. The van der Waals surface area contributed by atoms with E-state index in [0.29, 0.717) is 13.0 Å². The fourth-order valence-corrected chi connectivity index (χ4v) is 2.33. The van der Waals surface area contributed by atoms with Crippen molar-refractivity contribution in [2.24, 2.45) is 5.92 Å². The first-order valence-electron chi connectivity index (χ1n) is 8.66. The van der Waals surface area contributed by atoms with Gasteiger partial charge in [0.05, 0.1) is 16.8 Å². The molecular weight excluding hydrogens is 290 g/mol. The molecule has 0 fully saturated rings. The van der Waals surface area contributed by atoms with E-state index in [1.807, 2.05) is 38.6 Å². The van der Waals surface area contributed by atoms with E-state index in [0.717, 1.165) is 25.0 Å². The van der Waals surface area contributed by atoms with Crippen LogP contribution in [0.3, 0.4) is 0 Å². The number of nitrogens with zero attached hydrogens (tertiary/aromatic N) is 3. The van der Waals surface area contributed by atoms with Gasteiger partial charge in [0.15, 0.2) is 0 Å². The standard InChI is InChI=1S/C18H33N3O2/c1-8-9-15-13-21(20-19-15)17(4,5)10-11-23-18(6,7)12-16(22)14(2)3/h13-14H,8-12H2,1-7H3. The van der Waals surface area contributed by atoms with Gasteiger partial charge in [0, 0.05) is 25.1 Å². The van der Waals surface area contributed by atoms with Crippen molar-refractivity contribution in [3.8, 4) is 0 Å². The summed E-state index contributed by atoms with van der Waals surface area (Å²) in [6.45, 7) is 14.8. The van der Waals surface area contributed by atoms with Gasteiger partial charge in [0.1, 0.15) is 5.78 Å². The van der Waals surface area contributed by atoms with Gasteiger partial charge < -0.3 is 4.74 Å². The highest BCUT2D eigenvalue weighted by Crippen LogP contribution is 2.23. The molecular formula is C18H33N3O2. The lowest BCUT2D eigenvalue weighted by Gasteiger charge is -2.29. The maximum absolute atomic E-state index is 11.9. The lowest BCUT2D eigenvalue weighted by molar-refractivity contribution is -0.128.